The Balaban J connectivity index is 2.16. The number of aryl methyl sites for hydroxylation is 1. The molecule has 1 N–H and O–H groups in total. The van der Waals surface area contributed by atoms with Gasteiger partial charge in [0.1, 0.15) is 0 Å². The Hall–Kier alpha value is -2.44. The molecule has 3 rings (SSSR count). The van der Waals surface area contributed by atoms with Crippen molar-refractivity contribution >= 4 is 22.8 Å². The van der Waals surface area contributed by atoms with E-state index in [4.69, 9.17) is 9.73 Å². The van der Waals surface area contributed by atoms with Crippen molar-refractivity contribution in [1.82, 2.24) is 9.55 Å². The molecule has 0 aliphatic carbocycles. The van der Waals surface area contributed by atoms with Crippen LogP contribution in [0.3, 0.4) is 0 Å². The molecule has 1 aromatic carbocycles. The number of Topliss-reactive ketones (excluding diaryl/α,β-unsaturated/α-hetero) is 1. The van der Waals surface area contributed by atoms with Crippen LogP contribution < -0.4 is 4.80 Å². The molecule has 136 valence electrons. The van der Waals surface area contributed by atoms with Crippen LogP contribution in [-0.2, 0) is 11.3 Å². The average molecular weight is 369 g/mol. The van der Waals surface area contributed by atoms with E-state index >= 15 is 0 Å². The number of aromatic amines is 1. The van der Waals surface area contributed by atoms with Crippen LogP contribution in [0.25, 0.3) is 11.4 Å². The van der Waals surface area contributed by atoms with Crippen molar-refractivity contribution in [2.24, 2.45) is 4.99 Å². The second kappa shape index (κ2) is 7.85. The first-order chi connectivity index (χ1) is 12.5. The molecule has 0 aliphatic heterocycles. The van der Waals surface area contributed by atoms with Crippen molar-refractivity contribution in [3.8, 4) is 11.4 Å². The first kappa shape index (κ1) is 18.4. The van der Waals surface area contributed by atoms with Gasteiger partial charge < -0.3 is 14.3 Å². The van der Waals surface area contributed by atoms with Crippen molar-refractivity contribution < 1.29 is 9.53 Å². The van der Waals surface area contributed by atoms with E-state index in [2.05, 4.69) is 14.9 Å². The van der Waals surface area contributed by atoms with E-state index in [-0.39, 0.29) is 5.78 Å². The van der Waals surface area contributed by atoms with Gasteiger partial charge in [0.05, 0.1) is 23.7 Å². The number of ketones is 1. The predicted molar refractivity (Wildman–Crippen MR) is 105 cm³/mol. The number of nitrogens with zero attached hydrogens (tertiary/aromatic N) is 2. The van der Waals surface area contributed by atoms with E-state index in [1.165, 1.54) is 0 Å². The lowest BCUT2D eigenvalue weighted by atomic mass is 10.1. The Morgan fingerprint density at radius 3 is 2.62 bits per heavy atom. The fourth-order valence-electron chi connectivity index (χ4n) is 3.17. The van der Waals surface area contributed by atoms with Crippen molar-refractivity contribution in [2.75, 3.05) is 13.7 Å². The van der Waals surface area contributed by atoms with Gasteiger partial charge >= 0.3 is 0 Å². The van der Waals surface area contributed by atoms with Gasteiger partial charge in [0, 0.05) is 30.3 Å². The first-order valence-corrected chi connectivity index (χ1v) is 9.38. The molecule has 0 radical (unpaired) electrons. The zero-order chi connectivity index (χ0) is 18.7. The van der Waals surface area contributed by atoms with Crippen LogP contribution >= 0.6 is 11.3 Å². The second-order valence-electron chi connectivity index (χ2n) is 6.18. The summed E-state index contributed by atoms with van der Waals surface area (Å²) in [5.74, 6) is 0.0790. The first-order valence-electron chi connectivity index (χ1n) is 8.50. The summed E-state index contributed by atoms with van der Waals surface area (Å²) >= 11 is 1.58. The topological polar surface area (TPSA) is 59.4 Å². The largest absolute Gasteiger partial charge is 0.383 e. The van der Waals surface area contributed by atoms with Gasteiger partial charge in [-0.05, 0) is 38.5 Å². The van der Waals surface area contributed by atoms with E-state index < -0.39 is 0 Å². The summed E-state index contributed by atoms with van der Waals surface area (Å²) in [5, 5.41) is 2.08. The number of nitrogens with one attached hydrogen (secondary N) is 1. The van der Waals surface area contributed by atoms with Gasteiger partial charge in [-0.15, -0.1) is 11.3 Å². The smallest absolute Gasteiger partial charge is 0.190 e. The average Bonchev–Trinajstić information content (AvgIpc) is 3.13. The highest BCUT2D eigenvalue weighted by atomic mass is 32.1. The zero-order valence-electron chi connectivity index (χ0n) is 15.5. The number of benzene rings is 1. The number of aromatic nitrogens is 2. The molecule has 0 saturated carbocycles. The molecule has 0 aliphatic rings. The highest BCUT2D eigenvalue weighted by Crippen LogP contribution is 2.28. The van der Waals surface area contributed by atoms with E-state index in [1.807, 2.05) is 44.2 Å². The molecule has 0 fully saturated rings. The third-order valence-corrected chi connectivity index (χ3v) is 5.21. The molecule has 26 heavy (non-hydrogen) atoms. The maximum Gasteiger partial charge on any atom is 0.190 e. The third kappa shape index (κ3) is 3.57. The van der Waals surface area contributed by atoms with Gasteiger partial charge in [-0.2, -0.15) is 0 Å². The van der Waals surface area contributed by atoms with E-state index in [1.54, 1.807) is 25.4 Å². The Morgan fingerprint density at radius 1 is 1.27 bits per heavy atom. The van der Waals surface area contributed by atoms with Crippen LogP contribution in [0.1, 0.15) is 28.5 Å². The quantitative estimate of drug-likeness (QED) is 0.661. The van der Waals surface area contributed by atoms with Gasteiger partial charge in [-0.3, -0.25) is 4.79 Å². The van der Waals surface area contributed by atoms with Crippen molar-refractivity contribution in [2.45, 2.75) is 27.3 Å². The van der Waals surface area contributed by atoms with Gasteiger partial charge in [0.15, 0.2) is 10.6 Å². The van der Waals surface area contributed by atoms with Crippen molar-refractivity contribution in [3.63, 3.8) is 0 Å². The number of hydrogen-bond acceptors (Lipinski definition) is 4. The molecule has 6 heteroatoms. The van der Waals surface area contributed by atoms with Gasteiger partial charge in [0.25, 0.3) is 0 Å². The number of thiazole rings is 1. The van der Waals surface area contributed by atoms with Crippen molar-refractivity contribution in [1.29, 1.82) is 0 Å². The number of H-pyrrole nitrogens is 1. The van der Waals surface area contributed by atoms with Crippen LogP contribution in [0.5, 0.6) is 0 Å². The molecule has 0 bridgehead atoms. The lowest BCUT2D eigenvalue weighted by Crippen LogP contribution is -2.18. The molecule has 0 spiro atoms. The molecule has 0 amide bonds. The molecule has 5 nitrogen and oxygen atoms in total. The Morgan fingerprint density at radius 2 is 2.00 bits per heavy atom. The van der Waals surface area contributed by atoms with Crippen LogP contribution in [0, 0.1) is 13.8 Å². The SMILES string of the molecule is COCCn1c(-c2[nH]c(C)c(C(C)=O)c2C)csc1=Nc1ccccc1. The summed E-state index contributed by atoms with van der Waals surface area (Å²) < 4.78 is 7.43. The minimum absolute atomic E-state index is 0.0790. The Bertz CT molecular complexity index is 980. The van der Waals surface area contributed by atoms with Gasteiger partial charge in [-0.1, -0.05) is 18.2 Å². The number of ether oxygens (including phenoxy) is 1. The summed E-state index contributed by atoms with van der Waals surface area (Å²) in [5.41, 5.74) is 5.55. The second-order valence-corrected chi connectivity index (χ2v) is 7.01. The number of para-hydroxylation sites is 1. The molecule has 0 unspecified atom stereocenters. The number of carbonyl (C=O) groups is 1. The van der Waals surface area contributed by atoms with E-state index in [0.717, 1.165) is 38.7 Å². The molecule has 3 aromatic rings. The maximum atomic E-state index is 12.0. The number of rotatable bonds is 6. The predicted octanol–water partition coefficient (Wildman–Crippen LogP) is 4.24. The molecule has 0 saturated heterocycles. The normalized spacial score (nSPS) is 11.9. The van der Waals surface area contributed by atoms with Crippen molar-refractivity contribution in [3.05, 3.63) is 57.3 Å². The minimum atomic E-state index is 0.0790. The summed E-state index contributed by atoms with van der Waals surface area (Å²) in [4.78, 5) is 21.0. The highest BCUT2D eigenvalue weighted by molar-refractivity contribution is 7.07. The molecule has 2 heterocycles. The van der Waals surface area contributed by atoms with Crippen LogP contribution in [0.15, 0.2) is 40.7 Å². The lowest BCUT2D eigenvalue weighted by Gasteiger charge is -2.08. The fraction of sp³-hybridized carbons (Fsp3) is 0.300. The fourth-order valence-corrected chi connectivity index (χ4v) is 4.10. The van der Waals surface area contributed by atoms with Crippen LogP contribution in [-0.4, -0.2) is 29.1 Å². The number of methoxy groups -OCH3 is 1. The van der Waals surface area contributed by atoms with Crippen LogP contribution in [0.2, 0.25) is 0 Å². The third-order valence-electron chi connectivity index (χ3n) is 4.34. The summed E-state index contributed by atoms with van der Waals surface area (Å²) in [7, 11) is 1.69. The summed E-state index contributed by atoms with van der Waals surface area (Å²) in [6.07, 6.45) is 0. The number of hydrogen-bond donors (Lipinski definition) is 1. The standard InChI is InChI=1S/C20H23N3O2S/c1-13-18(15(3)24)14(2)21-19(13)17-12-26-20(23(17)10-11-25-4)22-16-8-6-5-7-9-16/h5-9,12,21H,10-11H2,1-4H3. The van der Waals surface area contributed by atoms with E-state index in [9.17, 15) is 4.79 Å². The lowest BCUT2D eigenvalue weighted by molar-refractivity contribution is 0.101. The minimum Gasteiger partial charge on any atom is -0.383 e. The monoisotopic (exact) mass is 369 g/mol. The van der Waals surface area contributed by atoms with Gasteiger partial charge in [-0.25, -0.2) is 4.99 Å². The van der Waals surface area contributed by atoms with Gasteiger partial charge in [0.2, 0.25) is 0 Å². The summed E-state index contributed by atoms with van der Waals surface area (Å²) in [6, 6.07) is 9.90. The maximum absolute atomic E-state index is 12.0. The molecular formula is C20H23N3O2S. The van der Waals surface area contributed by atoms with Crippen LogP contribution in [0.4, 0.5) is 5.69 Å². The Kier molecular flexibility index (Phi) is 5.54. The van der Waals surface area contributed by atoms with E-state index in [0.29, 0.717) is 13.2 Å². The molecular weight excluding hydrogens is 346 g/mol. The Labute approximate surface area is 157 Å². The number of carbonyl (C=O) groups excluding carboxylic acids is 1. The highest BCUT2D eigenvalue weighted by Gasteiger charge is 2.19. The summed E-state index contributed by atoms with van der Waals surface area (Å²) in [6.45, 7) is 6.81. The molecule has 0 atom stereocenters. The molecule has 2 aromatic heterocycles. The zero-order valence-corrected chi connectivity index (χ0v) is 16.3.